The largest absolute Gasteiger partial charge is 0.477 e. The standard InChI is InChI=1S/C21H17Cl2N3O8S/c1-9(27)33-7-10-8-35(32)20-17(19(29)26(20)18(10)21(30)31)24-15(28)6-11-5-14(25-34-11)16-12(22)3-2-4-13(16)23/h2-5,17,20H,6-8H2,1H3,(H,24,28)(H,30,31)/t17-,20-,35-/m1/s1. The number of nitrogens with zero attached hydrogens (tertiary/aromatic N) is 2. The van der Waals surface area contributed by atoms with Crippen LogP contribution in [0, 0.1) is 0 Å². The number of halogens is 2. The monoisotopic (exact) mass is 541 g/mol. The molecule has 2 aliphatic heterocycles. The molecule has 3 heterocycles. The summed E-state index contributed by atoms with van der Waals surface area (Å²) in [6.45, 7) is 0.740. The van der Waals surface area contributed by atoms with E-state index in [4.69, 9.17) is 32.5 Å². The van der Waals surface area contributed by atoms with Crippen LogP contribution in [-0.4, -0.2) is 66.9 Å². The van der Waals surface area contributed by atoms with Crippen LogP contribution in [0.2, 0.25) is 10.0 Å². The van der Waals surface area contributed by atoms with Crippen molar-refractivity contribution in [2.45, 2.75) is 24.8 Å². The highest BCUT2D eigenvalue weighted by Crippen LogP contribution is 2.36. The Kier molecular flexibility index (Phi) is 6.97. The Morgan fingerprint density at radius 3 is 2.63 bits per heavy atom. The fourth-order valence-electron chi connectivity index (χ4n) is 3.79. The number of carboxylic acids is 1. The van der Waals surface area contributed by atoms with Crippen molar-refractivity contribution < 1.29 is 37.8 Å². The molecule has 0 spiro atoms. The third-order valence-corrected chi connectivity index (χ3v) is 7.57. The summed E-state index contributed by atoms with van der Waals surface area (Å²) in [4.78, 5) is 49.0. The molecular formula is C21H17Cl2N3O8S. The lowest BCUT2D eigenvalue weighted by atomic mass is 10.0. The van der Waals surface area contributed by atoms with Crippen molar-refractivity contribution in [3.05, 3.63) is 51.3 Å². The van der Waals surface area contributed by atoms with E-state index in [0.29, 0.717) is 21.3 Å². The lowest BCUT2D eigenvalue weighted by Gasteiger charge is -2.48. The molecule has 14 heteroatoms. The molecule has 0 unspecified atom stereocenters. The summed E-state index contributed by atoms with van der Waals surface area (Å²) in [6.07, 6.45) is -0.294. The molecule has 0 aliphatic carbocycles. The zero-order valence-corrected chi connectivity index (χ0v) is 20.3. The van der Waals surface area contributed by atoms with Crippen LogP contribution >= 0.6 is 23.2 Å². The second-order valence-corrected chi connectivity index (χ2v) is 10.0. The summed E-state index contributed by atoms with van der Waals surface area (Å²) in [5.74, 6) is -3.51. The number of aliphatic carboxylic acids is 1. The molecule has 184 valence electrons. The Morgan fingerprint density at radius 1 is 1.31 bits per heavy atom. The molecule has 0 bridgehead atoms. The van der Waals surface area contributed by atoms with E-state index in [-0.39, 0.29) is 23.5 Å². The van der Waals surface area contributed by atoms with Crippen LogP contribution in [0.4, 0.5) is 0 Å². The summed E-state index contributed by atoms with van der Waals surface area (Å²) in [5.41, 5.74) is 0.404. The van der Waals surface area contributed by atoms with E-state index < -0.39 is 58.3 Å². The van der Waals surface area contributed by atoms with Gasteiger partial charge in [-0.2, -0.15) is 0 Å². The van der Waals surface area contributed by atoms with Gasteiger partial charge in [0, 0.05) is 24.1 Å². The van der Waals surface area contributed by atoms with Crippen molar-refractivity contribution in [3.63, 3.8) is 0 Å². The first kappa shape index (κ1) is 24.9. The van der Waals surface area contributed by atoms with E-state index in [1.54, 1.807) is 18.2 Å². The number of hydrogen-bond donors (Lipinski definition) is 2. The molecular weight excluding hydrogens is 525 g/mol. The Bertz CT molecular complexity index is 1290. The van der Waals surface area contributed by atoms with Crippen LogP contribution in [-0.2, 0) is 41.1 Å². The number of nitrogens with one attached hydrogen (secondary N) is 1. The fraction of sp³-hybridized carbons (Fsp3) is 0.286. The molecule has 2 amide bonds. The number of carbonyl (C=O) groups is 4. The van der Waals surface area contributed by atoms with Gasteiger partial charge in [-0.3, -0.25) is 23.5 Å². The number of rotatable bonds is 7. The van der Waals surface area contributed by atoms with Gasteiger partial charge in [0.25, 0.3) is 5.91 Å². The van der Waals surface area contributed by atoms with Crippen LogP contribution in [0.25, 0.3) is 11.3 Å². The molecule has 0 saturated carbocycles. The van der Waals surface area contributed by atoms with Crippen molar-refractivity contribution in [1.29, 1.82) is 0 Å². The van der Waals surface area contributed by atoms with Crippen LogP contribution in [0.15, 0.2) is 40.1 Å². The highest BCUT2D eigenvalue weighted by atomic mass is 35.5. The third-order valence-electron chi connectivity index (χ3n) is 5.29. The smallest absolute Gasteiger partial charge is 0.352 e. The van der Waals surface area contributed by atoms with Gasteiger partial charge in [0.15, 0.2) is 0 Å². The van der Waals surface area contributed by atoms with Gasteiger partial charge in [0.05, 0.1) is 33.0 Å². The number of aromatic nitrogens is 1. The van der Waals surface area contributed by atoms with Crippen molar-refractivity contribution in [3.8, 4) is 11.3 Å². The molecule has 0 radical (unpaired) electrons. The summed E-state index contributed by atoms with van der Waals surface area (Å²) in [6, 6.07) is 5.21. The molecule has 35 heavy (non-hydrogen) atoms. The summed E-state index contributed by atoms with van der Waals surface area (Å²) in [7, 11) is -1.74. The predicted octanol–water partition coefficient (Wildman–Crippen LogP) is 1.51. The van der Waals surface area contributed by atoms with Crippen molar-refractivity contribution in [1.82, 2.24) is 15.4 Å². The van der Waals surface area contributed by atoms with Gasteiger partial charge in [-0.15, -0.1) is 0 Å². The second-order valence-electron chi connectivity index (χ2n) is 7.66. The van der Waals surface area contributed by atoms with Gasteiger partial charge in [0.1, 0.15) is 35.2 Å². The third kappa shape index (κ3) is 4.81. The predicted molar refractivity (Wildman–Crippen MR) is 123 cm³/mol. The Hall–Kier alpha value is -3.22. The van der Waals surface area contributed by atoms with Gasteiger partial charge in [0.2, 0.25) is 5.91 Å². The summed E-state index contributed by atoms with van der Waals surface area (Å²) >= 11 is 12.3. The molecule has 1 saturated heterocycles. The number of hydrogen-bond acceptors (Lipinski definition) is 8. The SMILES string of the molecule is CC(=O)OCC1=C(C(=O)O)N2C(=O)[C@@H](NC(=O)Cc3cc(-c4c(Cl)cccc4Cl)no3)[C@H]2[S@](=O)C1. The Morgan fingerprint density at radius 2 is 2.00 bits per heavy atom. The minimum atomic E-state index is -1.74. The number of carboxylic acid groups (broad SMARTS) is 1. The van der Waals surface area contributed by atoms with Crippen LogP contribution in [0.5, 0.6) is 0 Å². The minimum absolute atomic E-state index is 0.0489. The maximum absolute atomic E-state index is 12.7. The number of carbonyl (C=O) groups excluding carboxylic acids is 3. The van der Waals surface area contributed by atoms with Crippen molar-refractivity contribution in [2.24, 2.45) is 0 Å². The van der Waals surface area contributed by atoms with E-state index in [0.717, 1.165) is 11.8 Å². The van der Waals surface area contributed by atoms with E-state index >= 15 is 0 Å². The minimum Gasteiger partial charge on any atom is -0.477 e. The normalized spacial score (nSPS) is 21.3. The van der Waals surface area contributed by atoms with Gasteiger partial charge in [-0.1, -0.05) is 34.4 Å². The Labute approximate surface area is 210 Å². The van der Waals surface area contributed by atoms with E-state index in [1.807, 2.05) is 0 Å². The lowest BCUT2D eigenvalue weighted by molar-refractivity contribution is -0.151. The molecule has 3 atom stereocenters. The fourth-order valence-corrected chi connectivity index (χ4v) is 6.05. The lowest BCUT2D eigenvalue weighted by Crippen LogP contribution is -2.73. The van der Waals surface area contributed by atoms with Gasteiger partial charge in [-0.25, -0.2) is 4.79 Å². The number of β-lactam (4-membered cyclic amide) rings is 1. The molecule has 4 rings (SSSR count). The van der Waals surface area contributed by atoms with Crippen LogP contribution in [0.3, 0.4) is 0 Å². The number of amides is 2. The number of benzene rings is 1. The zero-order valence-electron chi connectivity index (χ0n) is 17.9. The number of esters is 1. The quantitative estimate of drug-likeness (QED) is 0.391. The highest BCUT2D eigenvalue weighted by molar-refractivity contribution is 7.86. The van der Waals surface area contributed by atoms with Crippen LogP contribution < -0.4 is 5.32 Å². The van der Waals surface area contributed by atoms with Crippen molar-refractivity contribution in [2.75, 3.05) is 12.4 Å². The molecule has 1 aromatic carbocycles. The first-order valence-corrected chi connectivity index (χ1v) is 12.2. The molecule has 2 N–H and O–H groups in total. The van der Waals surface area contributed by atoms with Gasteiger partial charge in [-0.05, 0) is 12.1 Å². The summed E-state index contributed by atoms with van der Waals surface area (Å²) in [5, 5.41) is 15.6. The first-order chi connectivity index (χ1) is 16.6. The van der Waals surface area contributed by atoms with E-state index in [1.165, 1.54) is 6.07 Å². The molecule has 2 aromatic rings. The maximum Gasteiger partial charge on any atom is 0.352 e. The van der Waals surface area contributed by atoms with Gasteiger partial charge >= 0.3 is 11.9 Å². The average molecular weight is 542 g/mol. The zero-order chi connectivity index (χ0) is 25.4. The molecule has 11 nitrogen and oxygen atoms in total. The topological polar surface area (TPSA) is 156 Å². The van der Waals surface area contributed by atoms with E-state index in [2.05, 4.69) is 10.5 Å². The molecule has 2 aliphatic rings. The second kappa shape index (κ2) is 9.80. The van der Waals surface area contributed by atoms with Crippen molar-refractivity contribution >= 4 is 57.8 Å². The highest BCUT2D eigenvalue weighted by Gasteiger charge is 2.57. The number of ether oxygens (including phenoxy) is 1. The average Bonchev–Trinajstić information content (AvgIpc) is 3.22. The van der Waals surface area contributed by atoms with Gasteiger partial charge < -0.3 is 19.7 Å². The van der Waals surface area contributed by atoms with Crippen LogP contribution in [0.1, 0.15) is 12.7 Å². The summed E-state index contributed by atoms with van der Waals surface area (Å²) < 4.78 is 22.8. The first-order valence-electron chi connectivity index (χ1n) is 10.1. The van der Waals surface area contributed by atoms with E-state index in [9.17, 15) is 28.5 Å². The Balaban J connectivity index is 1.46. The maximum atomic E-state index is 12.7. The molecule has 1 fully saturated rings. The molecule has 1 aromatic heterocycles. The number of fused-ring (bicyclic) bond motifs is 1.